The number of carbonyl (C=O) groups is 1. The van der Waals surface area contributed by atoms with Crippen molar-refractivity contribution in [3.63, 3.8) is 0 Å². The molecule has 4 N–H and O–H groups in total. The number of fused-ring (bicyclic) bond motifs is 1. The van der Waals surface area contributed by atoms with Crippen LogP contribution in [-0.4, -0.2) is 21.1 Å². The van der Waals surface area contributed by atoms with Gasteiger partial charge in [0.15, 0.2) is 5.75 Å². The van der Waals surface area contributed by atoms with Crippen molar-refractivity contribution < 1.29 is 15.0 Å². The molecule has 5 heteroatoms. The van der Waals surface area contributed by atoms with Gasteiger partial charge in [-0.2, -0.15) is 0 Å². The van der Waals surface area contributed by atoms with Gasteiger partial charge < -0.3 is 15.9 Å². The average molecular weight is 204 g/mol. The molecule has 0 saturated heterocycles. The Bertz CT molecular complexity index is 552. The minimum Gasteiger partial charge on any atom is -0.503 e. The summed E-state index contributed by atoms with van der Waals surface area (Å²) in [6.45, 7) is 0. The summed E-state index contributed by atoms with van der Waals surface area (Å²) in [6.07, 6.45) is 0. The second kappa shape index (κ2) is 3.13. The van der Waals surface area contributed by atoms with Crippen LogP contribution < -0.4 is 5.73 Å². The van der Waals surface area contributed by atoms with E-state index in [0.29, 0.717) is 16.5 Å². The van der Waals surface area contributed by atoms with Gasteiger partial charge >= 0.3 is 0 Å². The highest BCUT2D eigenvalue weighted by Gasteiger charge is 2.06. The monoisotopic (exact) mass is 204 g/mol. The van der Waals surface area contributed by atoms with Crippen LogP contribution in [0.15, 0.2) is 24.3 Å². The van der Waals surface area contributed by atoms with Crippen LogP contribution in [0.3, 0.4) is 0 Å². The Kier molecular flexibility index (Phi) is 1.93. The standard InChI is InChI=1S/C10H8N2O3/c11-9(14)5-1-2-7-6(3-5)4-8(13)10(15)12-7/h1-4,13H,(H2,11,14)(H,12,15). The Balaban J connectivity index is 2.72. The fourth-order valence-corrected chi connectivity index (χ4v) is 1.31. The third kappa shape index (κ3) is 1.54. The van der Waals surface area contributed by atoms with Gasteiger partial charge in [0.25, 0.3) is 5.88 Å². The number of hydrogen-bond acceptors (Lipinski definition) is 4. The summed E-state index contributed by atoms with van der Waals surface area (Å²) in [4.78, 5) is 14.6. The minimum atomic E-state index is -0.551. The predicted molar refractivity (Wildman–Crippen MR) is 53.6 cm³/mol. The molecule has 1 amide bonds. The summed E-state index contributed by atoms with van der Waals surface area (Å²) in [5, 5.41) is 18.9. The topological polar surface area (TPSA) is 96.4 Å². The number of benzene rings is 1. The van der Waals surface area contributed by atoms with Crippen molar-refractivity contribution >= 4 is 16.8 Å². The molecule has 0 aliphatic rings. The number of hydrogen-bond donors (Lipinski definition) is 3. The summed E-state index contributed by atoms with van der Waals surface area (Å²) < 4.78 is 0. The van der Waals surface area contributed by atoms with Crippen molar-refractivity contribution in [1.29, 1.82) is 0 Å². The molecule has 0 unspecified atom stereocenters. The Morgan fingerprint density at radius 2 is 2.00 bits per heavy atom. The molecule has 1 aromatic heterocycles. The number of carbonyl (C=O) groups excluding carboxylic acids is 1. The summed E-state index contributed by atoms with van der Waals surface area (Å²) in [7, 11) is 0. The molecule has 5 nitrogen and oxygen atoms in total. The first kappa shape index (κ1) is 9.26. The molecule has 76 valence electrons. The van der Waals surface area contributed by atoms with Gasteiger partial charge in [-0.15, -0.1) is 0 Å². The summed E-state index contributed by atoms with van der Waals surface area (Å²) in [5.41, 5.74) is 5.91. The number of pyridine rings is 1. The van der Waals surface area contributed by atoms with E-state index in [4.69, 9.17) is 10.8 Å². The van der Waals surface area contributed by atoms with Gasteiger partial charge in [-0.05, 0) is 24.3 Å². The SMILES string of the molecule is NC(=O)c1ccc2nc(O)c(O)cc2c1. The van der Waals surface area contributed by atoms with Crippen LogP contribution in [0.4, 0.5) is 0 Å². The number of nitrogens with zero attached hydrogens (tertiary/aromatic N) is 1. The highest BCUT2D eigenvalue weighted by atomic mass is 16.3. The van der Waals surface area contributed by atoms with Crippen LogP contribution in [0.2, 0.25) is 0 Å². The van der Waals surface area contributed by atoms with Gasteiger partial charge in [-0.3, -0.25) is 4.79 Å². The Labute approximate surface area is 84.8 Å². The van der Waals surface area contributed by atoms with Crippen LogP contribution in [-0.2, 0) is 0 Å². The largest absolute Gasteiger partial charge is 0.503 e. The zero-order valence-electron chi connectivity index (χ0n) is 7.64. The molecule has 0 atom stereocenters. The lowest BCUT2D eigenvalue weighted by atomic mass is 10.1. The summed E-state index contributed by atoms with van der Waals surface area (Å²) >= 11 is 0. The zero-order chi connectivity index (χ0) is 11.0. The number of amides is 1. The van der Waals surface area contributed by atoms with E-state index in [1.165, 1.54) is 18.2 Å². The lowest BCUT2D eigenvalue weighted by Crippen LogP contribution is -2.10. The van der Waals surface area contributed by atoms with Crippen molar-refractivity contribution in [2.24, 2.45) is 5.73 Å². The molecule has 0 bridgehead atoms. The van der Waals surface area contributed by atoms with Crippen LogP contribution in [0.5, 0.6) is 11.6 Å². The Morgan fingerprint density at radius 3 is 2.67 bits per heavy atom. The van der Waals surface area contributed by atoms with Crippen LogP contribution >= 0.6 is 0 Å². The maximum atomic E-state index is 10.9. The van der Waals surface area contributed by atoms with E-state index in [1.807, 2.05) is 0 Å². The Morgan fingerprint density at radius 1 is 1.27 bits per heavy atom. The van der Waals surface area contributed by atoms with Gasteiger partial charge in [0.2, 0.25) is 5.91 Å². The lowest BCUT2D eigenvalue weighted by molar-refractivity contribution is 0.100. The van der Waals surface area contributed by atoms with Gasteiger partial charge in [0, 0.05) is 10.9 Å². The smallest absolute Gasteiger partial charge is 0.254 e. The maximum absolute atomic E-state index is 10.9. The first-order valence-electron chi connectivity index (χ1n) is 4.20. The van der Waals surface area contributed by atoms with Gasteiger partial charge in [-0.1, -0.05) is 0 Å². The fourth-order valence-electron chi connectivity index (χ4n) is 1.31. The van der Waals surface area contributed by atoms with E-state index in [1.54, 1.807) is 6.07 Å². The molecule has 15 heavy (non-hydrogen) atoms. The molecule has 0 aliphatic carbocycles. The van der Waals surface area contributed by atoms with Crippen molar-refractivity contribution in [3.8, 4) is 11.6 Å². The van der Waals surface area contributed by atoms with E-state index < -0.39 is 11.8 Å². The summed E-state index contributed by atoms with van der Waals surface area (Å²) in [6, 6.07) is 5.89. The van der Waals surface area contributed by atoms with Gasteiger partial charge in [0.1, 0.15) is 0 Å². The second-order valence-electron chi connectivity index (χ2n) is 3.10. The summed E-state index contributed by atoms with van der Waals surface area (Å²) in [5.74, 6) is -1.32. The van der Waals surface area contributed by atoms with E-state index in [9.17, 15) is 9.90 Å². The van der Waals surface area contributed by atoms with Crippen LogP contribution in [0, 0.1) is 0 Å². The Hall–Kier alpha value is -2.30. The second-order valence-corrected chi connectivity index (χ2v) is 3.10. The van der Waals surface area contributed by atoms with Gasteiger partial charge in [-0.25, -0.2) is 4.98 Å². The van der Waals surface area contributed by atoms with E-state index >= 15 is 0 Å². The number of aromatic hydroxyl groups is 2. The molecule has 0 fully saturated rings. The molecule has 1 heterocycles. The molecule has 0 spiro atoms. The number of primary amides is 1. The van der Waals surface area contributed by atoms with Crippen molar-refractivity contribution in [2.75, 3.05) is 0 Å². The molecular formula is C10H8N2O3. The van der Waals surface area contributed by atoms with Crippen LogP contribution in [0.1, 0.15) is 10.4 Å². The lowest BCUT2D eigenvalue weighted by Gasteiger charge is -2.02. The average Bonchev–Trinajstić information content (AvgIpc) is 2.19. The normalized spacial score (nSPS) is 10.4. The highest BCUT2D eigenvalue weighted by Crippen LogP contribution is 2.26. The third-order valence-electron chi connectivity index (χ3n) is 2.06. The van der Waals surface area contributed by atoms with E-state index in [-0.39, 0.29) is 5.75 Å². The highest BCUT2D eigenvalue weighted by molar-refractivity contribution is 5.97. The molecule has 2 rings (SSSR count). The molecular weight excluding hydrogens is 196 g/mol. The zero-order valence-corrected chi connectivity index (χ0v) is 7.64. The molecule has 1 aromatic carbocycles. The molecule has 0 aliphatic heterocycles. The molecule has 2 aromatic rings. The third-order valence-corrected chi connectivity index (χ3v) is 2.06. The van der Waals surface area contributed by atoms with Crippen LogP contribution in [0.25, 0.3) is 10.9 Å². The predicted octanol–water partition coefficient (Wildman–Crippen LogP) is 0.745. The quantitative estimate of drug-likeness (QED) is 0.638. The first-order chi connectivity index (χ1) is 7.08. The van der Waals surface area contributed by atoms with Crippen molar-refractivity contribution in [3.05, 3.63) is 29.8 Å². The van der Waals surface area contributed by atoms with Gasteiger partial charge in [0.05, 0.1) is 5.52 Å². The minimum absolute atomic E-state index is 0.328. The van der Waals surface area contributed by atoms with E-state index in [2.05, 4.69) is 4.98 Å². The van der Waals surface area contributed by atoms with E-state index in [0.717, 1.165) is 0 Å². The fraction of sp³-hybridized carbons (Fsp3) is 0. The molecule has 0 radical (unpaired) electrons. The molecule has 0 saturated carbocycles. The number of rotatable bonds is 1. The maximum Gasteiger partial charge on any atom is 0.254 e. The number of nitrogens with two attached hydrogens (primary N) is 1. The number of aromatic nitrogens is 1. The van der Waals surface area contributed by atoms with Crippen molar-refractivity contribution in [2.45, 2.75) is 0 Å². The first-order valence-corrected chi connectivity index (χ1v) is 4.20. The van der Waals surface area contributed by atoms with Crippen molar-refractivity contribution in [1.82, 2.24) is 4.98 Å².